The van der Waals surface area contributed by atoms with Gasteiger partial charge < -0.3 is 9.32 Å². The number of benzene rings is 2. The van der Waals surface area contributed by atoms with Crippen LogP contribution in [0.3, 0.4) is 0 Å². The predicted octanol–water partition coefficient (Wildman–Crippen LogP) is 5.35. The second kappa shape index (κ2) is 9.48. The Labute approximate surface area is 196 Å². The van der Waals surface area contributed by atoms with Gasteiger partial charge in [0.15, 0.2) is 5.76 Å². The van der Waals surface area contributed by atoms with Crippen molar-refractivity contribution >= 4 is 0 Å². The van der Waals surface area contributed by atoms with E-state index in [0.29, 0.717) is 18.0 Å². The minimum Gasteiger partial charge on any atom is -0.463 e. The molecule has 0 bridgehead atoms. The van der Waals surface area contributed by atoms with E-state index >= 15 is 8.78 Å². The lowest BCUT2D eigenvalue weighted by molar-refractivity contribution is 0.132. The Hall–Kier alpha value is -3.36. The Bertz CT molecular complexity index is 1240. The third kappa shape index (κ3) is 4.38. The molecule has 3 heterocycles. The Balaban J connectivity index is 1.51. The summed E-state index contributed by atoms with van der Waals surface area (Å²) < 4.78 is 50.6. The molecule has 0 amide bonds. The number of hydrogen-bond acceptors (Lipinski definition) is 4. The maximum atomic E-state index is 15.1. The highest BCUT2D eigenvalue weighted by molar-refractivity contribution is 5.67. The van der Waals surface area contributed by atoms with E-state index in [-0.39, 0.29) is 16.8 Å². The summed E-state index contributed by atoms with van der Waals surface area (Å²) >= 11 is 0. The van der Waals surface area contributed by atoms with E-state index in [1.54, 1.807) is 18.5 Å². The molecule has 0 radical (unpaired) electrons. The third-order valence-electron chi connectivity index (χ3n) is 6.31. The molecule has 0 saturated carbocycles. The van der Waals surface area contributed by atoms with Crippen molar-refractivity contribution in [2.75, 3.05) is 32.7 Å². The van der Waals surface area contributed by atoms with Crippen molar-refractivity contribution in [2.45, 2.75) is 13.5 Å². The van der Waals surface area contributed by atoms with Gasteiger partial charge in [0.25, 0.3) is 0 Å². The molecule has 1 saturated heterocycles. The van der Waals surface area contributed by atoms with Gasteiger partial charge in [-0.15, -0.1) is 0 Å². The number of rotatable bonds is 6. The van der Waals surface area contributed by atoms with Crippen LogP contribution in [0.4, 0.5) is 13.2 Å². The summed E-state index contributed by atoms with van der Waals surface area (Å²) in [5.41, 5.74) is 1.89. The van der Waals surface area contributed by atoms with Gasteiger partial charge in [0.1, 0.15) is 23.1 Å². The summed E-state index contributed by atoms with van der Waals surface area (Å²) in [5.74, 6) is -1.40. The smallest absolute Gasteiger partial charge is 0.152 e. The summed E-state index contributed by atoms with van der Waals surface area (Å²) in [6.07, 6.45) is 3.29. The molecule has 4 aromatic rings. The lowest BCUT2D eigenvalue weighted by Gasteiger charge is -2.33. The van der Waals surface area contributed by atoms with Gasteiger partial charge in [0.05, 0.1) is 23.7 Å². The van der Waals surface area contributed by atoms with Crippen molar-refractivity contribution in [1.29, 1.82) is 0 Å². The molecule has 34 heavy (non-hydrogen) atoms. The normalized spacial score (nSPS) is 15.2. The summed E-state index contributed by atoms with van der Waals surface area (Å²) in [5, 5.41) is 4.47. The van der Waals surface area contributed by atoms with E-state index in [2.05, 4.69) is 21.8 Å². The minimum atomic E-state index is -0.750. The molecule has 1 fully saturated rings. The van der Waals surface area contributed by atoms with Crippen LogP contribution in [-0.2, 0) is 6.54 Å². The molecule has 0 unspecified atom stereocenters. The van der Waals surface area contributed by atoms with Crippen LogP contribution in [0.2, 0.25) is 0 Å². The zero-order valence-electron chi connectivity index (χ0n) is 18.8. The Morgan fingerprint density at radius 2 is 1.59 bits per heavy atom. The highest BCUT2D eigenvalue weighted by atomic mass is 19.1. The average molecular weight is 467 g/mol. The van der Waals surface area contributed by atoms with Crippen molar-refractivity contribution in [2.24, 2.45) is 0 Å². The number of aromatic nitrogens is 2. The second-order valence-electron chi connectivity index (χ2n) is 8.41. The molecule has 5 nitrogen and oxygen atoms in total. The minimum absolute atomic E-state index is 0.204. The third-order valence-corrected chi connectivity index (χ3v) is 6.31. The molecule has 0 spiro atoms. The van der Waals surface area contributed by atoms with Crippen molar-refractivity contribution in [3.8, 4) is 28.3 Å². The lowest BCUT2D eigenvalue weighted by Crippen LogP contribution is -2.45. The molecule has 8 heteroatoms. The van der Waals surface area contributed by atoms with Crippen LogP contribution < -0.4 is 0 Å². The quantitative estimate of drug-likeness (QED) is 0.384. The second-order valence-corrected chi connectivity index (χ2v) is 8.41. The predicted molar refractivity (Wildman–Crippen MR) is 124 cm³/mol. The molecule has 176 valence electrons. The zero-order chi connectivity index (χ0) is 23.7. The summed E-state index contributed by atoms with van der Waals surface area (Å²) in [6, 6.07) is 11.1. The maximum absolute atomic E-state index is 15.1. The fourth-order valence-corrected chi connectivity index (χ4v) is 4.45. The van der Waals surface area contributed by atoms with Crippen LogP contribution in [0.15, 0.2) is 65.4 Å². The zero-order valence-corrected chi connectivity index (χ0v) is 18.8. The van der Waals surface area contributed by atoms with E-state index in [4.69, 9.17) is 4.42 Å². The molecule has 2 aromatic heterocycles. The number of piperazine rings is 1. The summed E-state index contributed by atoms with van der Waals surface area (Å²) in [7, 11) is 0. The topological polar surface area (TPSA) is 37.4 Å². The first kappa shape index (κ1) is 22.4. The van der Waals surface area contributed by atoms with Crippen LogP contribution in [0.25, 0.3) is 28.3 Å². The monoisotopic (exact) mass is 466 g/mol. The van der Waals surface area contributed by atoms with E-state index in [9.17, 15) is 4.39 Å². The number of halogens is 3. The van der Waals surface area contributed by atoms with Crippen molar-refractivity contribution in [3.63, 3.8) is 0 Å². The van der Waals surface area contributed by atoms with Gasteiger partial charge in [-0.25, -0.2) is 17.9 Å². The van der Waals surface area contributed by atoms with Gasteiger partial charge in [0.2, 0.25) is 0 Å². The molecule has 0 atom stereocenters. The first-order valence-electron chi connectivity index (χ1n) is 11.3. The van der Waals surface area contributed by atoms with Crippen LogP contribution in [-0.4, -0.2) is 52.3 Å². The Morgan fingerprint density at radius 3 is 2.21 bits per heavy atom. The standard InChI is InChI=1S/C26H25F3N4O/c1-2-31-9-11-32(12-10-31)17-19-16-30-33(26(19)24-4-3-13-34-24)21-14-22(28)25(23(29)15-21)18-5-7-20(27)8-6-18/h3-8,13-16H,2,9-12,17H2,1H3. The van der Waals surface area contributed by atoms with Crippen LogP contribution in [0.1, 0.15) is 12.5 Å². The van der Waals surface area contributed by atoms with Gasteiger partial charge in [0, 0.05) is 50.4 Å². The highest BCUT2D eigenvalue weighted by Gasteiger charge is 2.23. The van der Waals surface area contributed by atoms with E-state index in [1.165, 1.54) is 41.1 Å². The molecule has 5 rings (SSSR count). The van der Waals surface area contributed by atoms with E-state index in [0.717, 1.165) is 38.3 Å². The fraction of sp³-hybridized carbons (Fsp3) is 0.269. The molecular weight excluding hydrogens is 441 g/mol. The Morgan fingerprint density at radius 1 is 0.912 bits per heavy atom. The molecule has 1 aliphatic heterocycles. The largest absolute Gasteiger partial charge is 0.463 e. The van der Waals surface area contributed by atoms with Gasteiger partial charge in [-0.05, 0) is 36.4 Å². The number of nitrogens with zero attached hydrogens (tertiary/aromatic N) is 4. The lowest BCUT2D eigenvalue weighted by atomic mass is 10.0. The number of likely N-dealkylation sites (N-methyl/N-ethyl adjacent to an activating group) is 1. The SMILES string of the molecule is CCN1CCN(Cc2cnn(-c3cc(F)c(-c4ccc(F)cc4)c(F)c3)c2-c2ccco2)CC1. The first-order valence-corrected chi connectivity index (χ1v) is 11.3. The van der Waals surface area contributed by atoms with Crippen molar-refractivity contribution < 1.29 is 17.6 Å². The summed E-state index contributed by atoms with van der Waals surface area (Å²) in [4.78, 5) is 4.75. The van der Waals surface area contributed by atoms with Crippen molar-refractivity contribution in [1.82, 2.24) is 19.6 Å². The molecule has 0 N–H and O–H groups in total. The van der Waals surface area contributed by atoms with Crippen LogP contribution in [0.5, 0.6) is 0 Å². The highest BCUT2D eigenvalue weighted by Crippen LogP contribution is 2.32. The van der Waals surface area contributed by atoms with Crippen LogP contribution >= 0.6 is 0 Å². The van der Waals surface area contributed by atoms with Gasteiger partial charge in [-0.2, -0.15) is 5.10 Å². The fourth-order valence-electron chi connectivity index (χ4n) is 4.45. The molecule has 0 aliphatic carbocycles. The number of hydrogen-bond donors (Lipinski definition) is 0. The van der Waals surface area contributed by atoms with E-state index in [1.807, 2.05) is 6.07 Å². The van der Waals surface area contributed by atoms with E-state index < -0.39 is 17.5 Å². The Kier molecular flexibility index (Phi) is 6.26. The summed E-state index contributed by atoms with van der Waals surface area (Å²) in [6.45, 7) is 7.73. The molecular formula is C26H25F3N4O. The van der Waals surface area contributed by atoms with Crippen LogP contribution in [0, 0.1) is 17.5 Å². The van der Waals surface area contributed by atoms with Crippen molar-refractivity contribution in [3.05, 3.63) is 84.0 Å². The molecule has 1 aliphatic rings. The van der Waals surface area contributed by atoms with Gasteiger partial charge in [-0.3, -0.25) is 4.90 Å². The van der Waals surface area contributed by atoms with Gasteiger partial charge >= 0.3 is 0 Å². The number of furan rings is 1. The van der Waals surface area contributed by atoms with Gasteiger partial charge in [-0.1, -0.05) is 19.1 Å². The first-order chi connectivity index (χ1) is 16.5. The molecule has 2 aromatic carbocycles. The average Bonchev–Trinajstić information content (AvgIpc) is 3.50. The maximum Gasteiger partial charge on any atom is 0.152 e.